The Morgan fingerprint density at radius 1 is 1.11 bits per heavy atom. The summed E-state index contributed by atoms with van der Waals surface area (Å²) in [5.74, 6) is -0.880. The maximum atomic E-state index is 12.6. The summed E-state index contributed by atoms with van der Waals surface area (Å²) in [4.78, 5) is 35.6. The highest BCUT2D eigenvalue weighted by molar-refractivity contribution is 5.97. The Bertz CT molecular complexity index is 633. The minimum atomic E-state index is -0.811. The fourth-order valence-electron chi connectivity index (χ4n) is 2.28. The number of hydrogen-bond donors (Lipinski definition) is 6. The zero-order valence-electron chi connectivity index (χ0n) is 15.7. The molecule has 0 aromatic heterocycles. The highest BCUT2D eigenvalue weighted by atomic mass is 16.3. The van der Waals surface area contributed by atoms with Crippen molar-refractivity contribution < 1.29 is 19.5 Å². The van der Waals surface area contributed by atoms with Crippen molar-refractivity contribution in [2.45, 2.75) is 45.4 Å². The molecule has 0 saturated carbocycles. The fourth-order valence-corrected chi connectivity index (χ4v) is 2.28. The van der Waals surface area contributed by atoms with Gasteiger partial charge >= 0.3 is 6.03 Å². The third-order valence-electron chi connectivity index (χ3n) is 4.03. The van der Waals surface area contributed by atoms with Crippen molar-refractivity contribution in [1.29, 1.82) is 0 Å². The van der Waals surface area contributed by atoms with Crippen molar-refractivity contribution in [3.05, 3.63) is 29.8 Å². The second-order valence-electron chi connectivity index (χ2n) is 6.61. The van der Waals surface area contributed by atoms with Gasteiger partial charge < -0.3 is 32.5 Å². The number of urea groups is 1. The number of carbonyl (C=O) groups is 3. The first-order valence-electron chi connectivity index (χ1n) is 8.84. The molecule has 9 nitrogen and oxygen atoms in total. The van der Waals surface area contributed by atoms with E-state index in [1.54, 1.807) is 24.3 Å². The van der Waals surface area contributed by atoms with Crippen molar-refractivity contribution in [2.75, 3.05) is 11.9 Å². The minimum Gasteiger partial charge on any atom is -0.392 e. The van der Waals surface area contributed by atoms with Gasteiger partial charge in [0, 0.05) is 12.2 Å². The molecule has 0 heterocycles. The maximum absolute atomic E-state index is 12.6. The molecule has 0 aliphatic carbocycles. The van der Waals surface area contributed by atoms with E-state index in [-0.39, 0.29) is 19.1 Å². The number of hydrogen-bond acceptors (Lipinski definition) is 5. The molecule has 1 rings (SSSR count). The lowest BCUT2D eigenvalue weighted by Gasteiger charge is -2.22. The number of nitrogens with two attached hydrogens (primary N) is 2. The van der Waals surface area contributed by atoms with Crippen LogP contribution in [-0.2, 0) is 16.2 Å². The lowest BCUT2D eigenvalue weighted by Crippen LogP contribution is -2.51. The Balaban J connectivity index is 2.75. The van der Waals surface area contributed by atoms with E-state index >= 15 is 0 Å². The first-order valence-corrected chi connectivity index (χ1v) is 8.84. The van der Waals surface area contributed by atoms with Gasteiger partial charge in [0.1, 0.15) is 6.04 Å². The number of aliphatic hydroxyl groups is 1. The quantitative estimate of drug-likeness (QED) is 0.316. The van der Waals surface area contributed by atoms with Crippen LogP contribution < -0.4 is 27.4 Å². The molecular weight excluding hydrogens is 350 g/mol. The number of nitrogens with one attached hydrogen (secondary N) is 3. The number of rotatable bonds is 10. The molecule has 0 unspecified atom stereocenters. The molecular formula is C18H29N5O4. The number of benzene rings is 1. The van der Waals surface area contributed by atoms with Gasteiger partial charge in [0.05, 0.1) is 12.6 Å². The Morgan fingerprint density at radius 2 is 1.74 bits per heavy atom. The lowest BCUT2D eigenvalue weighted by atomic mass is 10.0. The van der Waals surface area contributed by atoms with Crippen LogP contribution in [0.1, 0.15) is 32.3 Å². The summed E-state index contributed by atoms with van der Waals surface area (Å²) < 4.78 is 0. The van der Waals surface area contributed by atoms with E-state index in [4.69, 9.17) is 16.6 Å². The molecule has 4 amide bonds. The topological polar surface area (TPSA) is 160 Å². The summed E-state index contributed by atoms with van der Waals surface area (Å²) in [5, 5.41) is 16.9. The molecule has 0 fully saturated rings. The molecule has 8 N–H and O–H groups in total. The molecule has 0 bridgehead atoms. The molecule has 27 heavy (non-hydrogen) atoms. The van der Waals surface area contributed by atoms with Gasteiger partial charge in [0.15, 0.2) is 0 Å². The number of anilines is 1. The normalized spacial score (nSPS) is 12.9. The van der Waals surface area contributed by atoms with Gasteiger partial charge in [-0.15, -0.1) is 0 Å². The van der Waals surface area contributed by atoms with Crippen LogP contribution in [0.25, 0.3) is 0 Å². The van der Waals surface area contributed by atoms with Gasteiger partial charge in [-0.2, -0.15) is 0 Å². The van der Waals surface area contributed by atoms with Crippen LogP contribution in [0.5, 0.6) is 0 Å². The van der Waals surface area contributed by atoms with Crippen LogP contribution in [-0.4, -0.2) is 41.6 Å². The van der Waals surface area contributed by atoms with Crippen LogP contribution in [0, 0.1) is 5.92 Å². The van der Waals surface area contributed by atoms with Crippen LogP contribution >= 0.6 is 0 Å². The SMILES string of the molecule is CC(C)[C@@H](N)C(=O)N[C@H](CCCNC(N)=O)C(=O)Nc1ccc(CO)cc1. The van der Waals surface area contributed by atoms with Crippen LogP contribution in [0.15, 0.2) is 24.3 Å². The molecule has 9 heteroatoms. The van der Waals surface area contributed by atoms with E-state index in [1.807, 2.05) is 13.8 Å². The molecule has 1 aromatic carbocycles. The van der Waals surface area contributed by atoms with Gasteiger partial charge in [-0.25, -0.2) is 4.79 Å². The third kappa shape index (κ3) is 8.06. The molecule has 0 spiro atoms. The van der Waals surface area contributed by atoms with Gasteiger partial charge in [-0.1, -0.05) is 26.0 Å². The van der Waals surface area contributed by atoms with E-state index in [1.165, 1.54) is 0 Å². The summed E-state index contributed by atoms with van der Waals surface area (Å²) in [6.07, 6.45) is 0.749. The smallest absolute Gasteiger partial charge is 0.312 e. The second kappa shape index (κ2) is 11.1. The first kappa shape index (κ1) is 22.4. The Morgan fingerprint density at radius 3 is 2.26 bits per heavy atom. The van der Waals surface area contributed by atoms with Crippen molar-refractivity contribution in [2.24, 2.45) is 17.4 Å². The van der Waals surface area contributed by atoms with E-state index in [9.17, 15) is 14.4 Å². The zero-order chi connectivity index (χ0) is 20.4. The van der Waals surface area contributed by atoms with Crippen molar-refractivity contribution >= 4 is 23.5 Å². The van der Waals surface area contributed by atoms with E-state index in [0.29, 0.717) is 18.5 Å². The highest BCUT2D eigenvalue weighted by Crippen LogP contribution is 2.11. The van der Waals surface area contributed by atoms with E-state index in [0.717, 1.165) is 5.56 Å². The van der Waals surface area contributed by atoms with Gasteiger partial charge in [0.25, 0.3) is 0 Å². The number of aliphatic hydroxyl groups excluding tert-OH is 1. The molecule has 0 saturated heterocycles. The average molecular weight is 379 g/mol. The Hall–Kier alpha value is -2.65. The lowest BCUT2D eigenvalue weighted by molar-refractivity contribution is -0.128. The molecule has 0 aliphatic rings. The average Bonchev–Trinajstić information content (AvgIpc) is 2.63. The van der Waals surface area contributed by atoms with Crippen molar-refractivity contribution in [1.82, 2.24) is 10.6 Å². The molecule has 150 valence electrons. The number of primary amides is 1. The summed E-state index contributed by atoms with van der Waals surface area (Å²) >= 11 is 0. The Kier molecular flexibility index (Phi) is 9.24. The highest BCUT2D eigenvalue weighted by Gasteiger charge is 2.25. The van der Waals surface area contributed by atoms with E-state index < -0.39 is 29.9 Å². The fraction of sp³-hybridized carbons (Fsp3) is 0.500. The summed E-state index contributed by atoms with van der Waals surface area (Å²) in [7, 11) is 0. The standard InChI is InChI=1S/C18H29N5O4/c1-11(2)15(19)17(26)23-14(4-3-9-21-18(20)27)16(25)22-13-7-5-12(10-24)6-8-13/h5-8,11,14-15,24H,3-4,9-10,19H2,1-2H3,(H,22,25)(H,23,26)(H3,20,21,27)/t14-,15-/m1/s1. The maximum Gasteiger partial charge on any atom is 0.312 e. The molecule has 2 atom stereocenters. The largest absolute Gasteiger partial charge is 0.392 e. The molecule has 0 aliphatic heterocycles. The number of amides is 4. The zero-order valence-corrected chi connectivity index (χ0v) is 15.7. The second-order valence-corrected chi connectivity index (χ2v) is 6.61. The first-order chi connectivity index (χ1) is 12.7. The van der Waals surface area contributed by atoms with Crippen molar-refractivity contribution in [3.8, 4) is 0 Å². The summed E-state index contributed by atoms with van der Waals surface area (Å²) in [5.41, 5.74) is 12.1. The summed E-state index contributed by atoms with van der Waals surface area (Å²) in [6.45, 7) is 3.83. The van der Waals surface area contributed by atoms with Gasteiger partial charge in [0.2, 0.25) is 11.8 Å². The molecule has 1 aromatic rings. The van der Waals surface area contributed by atoms with Crippen LogP contribution in [0.3, 0.4) is 0 Å². The van der Waals surface area contributed by atoms with Gasteiger partial charge in [-0.3, -0.25) is 9.59 Å². The van der Waals surface area contributed by atoms with Crippen molar-refractivity contribution in [3.63, 3.8) is 0 Å². The minimum absolute atomic E-state index is 0.0729. The predicted octanol–water partition coefficient (Wildman–Crippen LogP) is 0.0340. The van der Waals surface area contributed by atoms with Gasteiger partial charge in [-0.05, 0) is 36.5 Å². The summed E-state index contributed by atoms with van der Waals surface area (Å²) in [6, 6.07) is 4.52. The number of carbonyl (C=O) groups excluding carboxylic acids is 3. The monoisotopic (exact) mass is 379 g/mol. The Labute approximate surface area is 158 Å². The van der Waals surface area contributed by atoms with E-state index in [2.05, 4.69) is 16.0 Å². The molecule has 0 radical (unpaired) electrons. The predicted molar refractivity (Wildman–Crippen MR) is 103 cm³/mol. The van der Waals surface area contributed by atoms with Crippen LogP contribution in [0.4, 0.5) is 10.5 Å². The van der Waals surface area contributed by atoms with Crippen LogP contribution in [0.2, 0.25) is 0 Å². The third-order valence-corrected chi connectivity index (χ3v) is 4.03.